The quantitative estimate of drug-likeness (QED) is 0.424. The molecule has 3 atom stereocenters. The summed E-state index contributed by atoms with van der Waals surface area (Å²) in [6, 6.07) is 10.6. The maximum absolute atomic E-state index is 13.3. The Hall–Kier alpha value is -3.40. The van der Waals surface area contributed by atoms with Gasteiger partial charge in [-0.1, -0.05) is 38.1 Å². The van der Waals surface area contributed by atoms with Crippen LogP contribution < -0.4 is 10.6 Å². The lowest BCUT2D eigenvalue weighted by molar-refractivity contribution is -0.140. The van der Waals surface area contributed by atoms with E-state index in [1.807, 2.05) is 30.9 Å². The number of ether oxygens (including phenoxy) is 1. The summed E-state index contributed by atoms with van der Waals surface area (Å²) in [6.07, 6.45) is -2.58. The van der Waals surface area contributed by atoms with Crippen molar-refractivity contribution in [2.75, 3.05) is 27.2 Å². The lowest BCUT2D eigenvalue weighted by Gasteiger charge is -2.39. The van der Waals surface area contributed by atoms with Crippen LogP contribution in [-0.4, -0.2) is 56.0 Å². The number of hydrogen-bond acceptors (Lipinski definition) is 4. The minimum atomic E-state index is -4.55. The minimum absolute atomic E-state index is 0.0260. The van der Waals surface area contributed by atoms with Gasteiger partial charge in [-0.05, 0) is 54.7 Å². The van der Waals surface area contributed by atoms with E-state index in [-0.39, 0.29) is 35.8 Å². The second-order valence-electron chi connectivity index (χ2n) is 10.2. The van der Waals surface area contributed by atoms with Gasteiger partial charge < -0.3 is 20.3 Å². The molecule has 218 valence electrons. The summed E-state index contributed by atoms with van der Waals surface area (Å²) >= 11 is 0. The van der Waals surface area contributed by atoms with Crippen molar-refractivity contribution < 1.29 is 32.3 Å². The van der Waals surface area contributed by atoms with Gasteiger partial charge in [0.15, 0.2) is 0 Å². The Morgan fingerprint density at radius 2 is 1.73 bits per heavy atom. The fourth-order valence-electron chi connectivity index (χ4n) is 5.16. The maximum atomic E-state index is 13.3. The van der Waals surface area contributed by atoms with E-state index in [4.69, 9.17) is 4.74 Å². The molecule has 0 spiro atoms. The maximum Gasteiger partial charge on any atom is 0.416 e. The van der Waals surface area contributed by atoms with Crippen LogP contribution in [0.1, 0.15) is 78.5 Å². The van der Waals surface area contributed by atoms with E-state index >= 15 is 0 Å². The number of hydrogen-bond donors (Lipinski definition) is 2. The summed E-state index contributed by atoms with van der Waals surface area (Å²) in [4.78, 5) is 40.1. The monoisotopic (exact) mass is 561 g/mol. The fourth-order valence-corrected chi connectivity index (χ4v) is 5.16. The zero-order valence-electron chi connectivity index (χ0n) is 23.4. The average Bonchev–Trinajstić information content (AvgIpc) is 2.96. The smallest absolute Gasteiger partial charge is 0.380 e. The van der Waals surface area contributed by atoms with Gasteiger partial charge >= 0.3 is 6.18 Å². The number of piperidine rings is 1. The fraction of sp³-hybridized carbons (Fsp3) is 0.500. The minimum Gasteiger partial charge on any atom is -0.380 e. The van der Waals surface area contributed by atoms with Crippen molar-refractivity contribution in [3.63, 3.8) is 0 Å². The van der Waals surface area contributed by atoms with Crippen molar-refractivity contribution >= 4 is 17.7 Å². The number of alkyl halides is 3. The second kappa shape index (κ2) is 13.8. The van der Waals surface area contributed by atoms with Crippen LogP contribution in [0, 0.1) is 5.92 Å². The molecule has 0 saturated carbocycles. The molecule has 2 aromatic rings. The van der Waals surface area contributed by atoms with Gasteiger partial charge in [0.1, 0.15) is 0 Å². The molecule has 0 radical (unpaired) electrons. The van der Waals surface area contributed by atoms with Crippen molar-refractivity contribution in [2.45, 2.75) is 63.8 Å². The highest BCUT2D eigenvalue weighted by Crippen LogP contribution is 2.32. The molecule has 1 saturated heterocycles. The number of carbonyl (C=O) groups is 3. The first-order valence-electron chi connectivity index (χ1n) is 13.6. The third-order valence-electron chi connectivity index (χ3n) is 7.63. The van der Waals surface area contributed by atoms with Gasteiger partial charge in [0.2, 0.25) is 11.8 Å². The molecule has 1 heterocycles. The zero-order chi connectivity index (χ0) is 29.4. The molecule has 10 heteroatoms. The van der Waals surface area contributed by atoms with Gasteiger partial charge in [0.05, 0.1) is 24.1 Å². The summed E-state index contributed by atoms with van der Waals surface area (Å²) < 4.78 is 45.4. The van der Waals surface area contributed by atoms with Crippen molar-refractivity contribution in [1.82, 2.24) is 15.5 Å². The average molecular weight is 562 g/mol. The van der Waals surface area contributed by atoms with Crippen LogP contribution in [0.15, 0.2) is 48.5 Å². The first-order valence-corrected chi connectivity index (χ1v) is 13.6. The van der Waals surface area contributed by atoms with Gasteiger partial charge in [-0.2, -0.15) is 13.2 Å². The van der Waals surface area contributed by atoms with Gasteiger partial charge in [0, 0.05) is 44.6 Å². The largest absolute Gasteiger partial charge is 0.416 e. The van der Waals surface area contributed by atoms with Crippen LogP contribution in [0.2, 0.25) is 0 Å². The number of nitrogens with one attached hydrogen (secondary N) is 2. The highest BCUT2D eigenvalue weighted by molar-refractivity contribution is 5.95. The molecule has 0 aliphatic carbocycles. The molecular formula is C30H38F3N3O4. The molecule has 3 unspecified atom stereocenters. The first kappa shape index (κ1) is 31.1. The third kappa shape index (κ3) is 7.84. The summed E-state index contributed by atoms with van der Waals surface area (Å²) in [6.45, 7) is 5.13. The molecule has 0 bridgehead atoms. The Kier molecular flexibility index (Phi) is 10.7. The number of methoxy groups -OCH3 is 1. The van der Waals surface area contributed by atoms with Crippen molar-refractivity contribution in [1.29, 1.82) is 0 Å². The number of nitrogens with zero attached hydrogens (tertiary/aromatic N) is 1. The van der Waals surface area contributed by atoms with E-state index < -0.39 is 29.6 Å². The van der Waals surface area contributed by atoms with Crippen molar-refractivity contribution in [3.8, 4) is 0 Å². The van der Waals surface area contributed by atoms with Crippen molar-refractivity contribution in [2.24, 2.45) is 5.92 Å². The Bertz CT molecular complexity index is 1170. The van der Waals surface area contributed by atoms with Crippen LogP contribution in [-0.2, 0) is 20.5 Å². The Labute approximate surface area is 233 Å². The number of amides is 3. The molecule has 7 nitrogen and oxygen atoms in total. The zero-order valence-corrected chi connectivity index (χ0v) is 23.4. The normalized spacial score (nSPS) is 18.4. The predicted molar refractivity (Wildman–Crippen MR) is 146 cm³/mol. The lowest BCUT2D eigenvalue weighted by atomic mass is 9.87. The summed E-state index contributed by atoms with van der Waals surface area (Å²) in [5.41, 5.74) is 0.588. The van der Waals surface area contributed by atoms with Crippen LogP contribution in [0.3, 0.4) is 0 Å². The standard InChI is InChI=1S/C30H38F3N3O4/c1-5-19(6-2)29(39)36-17-23(15-25(18-36)40-4)20-10-12-21(13-11-20)28(38)35-26(16-27(37)34-3)22-8-7-9-24(14-22)30(31,32)33/h7-14,19,23,25-26H,5-6,15-18H2,1-4H3,(H,34,37)(H,35,38). The number of carbonyl (C=O) groups excluding carboxylic acids is 3. The first-order chi connectivity index (χ1) is 19.0. The molecule has 0 aromatic heterocycles. The Balaban J connectivity index is 1.78. The van der Waals surface area contributed by atoms with Gasteiger partial charge in [0.25, 0.3) is 5.91 Å². The van der Waals surface area contributed by atoms with Crippen LogP contribution in [0.5, 0.6) is 0 Å². The summed E-state index contributed by atoms with van der Waals surface area (Å²) in [5.74, 6) is -0.802. The number of likely N-dealkylation sites (tertiary alicyclic amines) is 1. The van der Waals surface area contributed by atoms with Crippen LogP contribution in [0.25, 0.3) is 0 Å². The molecule has 1 fully saturated rings. The van der Waals surface area contributed by atoms with E-state index in [2.05, 4.69) is 10.6 Å². The van der Waals surface area contributed by atoms with E-state index in [1.165, 1.54) is 19.2 Å². The van der Waals surface area contributed by atoms with E-state index in [0.29, 0.717) is 18.7 Å². The van der Waals surface area contributed by atoms with Crippen LogP contribution in [0.4, 0.5) is 13.2 Å². The molecule has 3 rings (SSSR count). The number of rotatable bonds is 10. The third-order valence-corrected chi connectivity index (χ3v) is 7.63. The molecule has 1 aliphatic heterocycles. The highest BCUT2D eigenvalue weighted by atomic mass is 19.4. The molecular weight excluding hydrogens is 523 g/mol. The molecule has 3 amide bonds. The van der Waals surface area contributed by atoms with Gasteiger partial charge in [-0.3, -0.25) is 14.4 Å². The second-order valence-corrected chi connectivity index (χ2v) is 10.2. The SMILES string of the molecule is CCC(CC)C(=O)N1CC(OC)CC(c2ccc(C(=O)NC(CC(=O)NC)c3cccc(C(F)(F)F)c3)cc2)C1. The number of benzene rings is 2. The van der Waals surface area contributed by atoms with Gasteiger partial charge in [-0.15, -0.1) is 0 Å². The van der Waals surface area contributed by atoms with E-state index in [0.717, 1.165) is 37.0 Å². The molecule has 2 aromatic carbocycles. The lowest BCUT2D eigenvalue weighted by Crippen LogP contribution is -2.48. The Morgan fingerprint density at radius 3 is 2.30 bits per heavy atom. The predicted octanol–water partition coefficient (Wildman–Crippen LogP) is 5.08. The van der Waals surface area contributed by atoms with Crippen LogP contribution >= 0.6 is 0 Å². The highest BCUT2D eigenvalue weighted by Gasteiger charge is 2.34. The number of halogens is 3. The summed E-state index contributed by atoms with van der Waals surface area (Å²) in [7, 11) is 3.06. The Morgan fingerprint density at radius 1 is 1.05 bits per heavy atom. The topological polar surface area (TPSA) is 87.7 Å². The molecule has 40 heavy (non-hydrogen) atoms. The molecule has 1 aliphatic rings. The van der Waals surface area contributed by atoms with Gasteiger partial charge in [-0.25, -0.2) is 0 Å². The van der Waals surface area contributed by atoms with E-state index in [9.17, 15) is 27.6 Å². The summed E-state index contributed by atoms with van der Waals surface area (Å²) in [5, 5.41) is 5.17. The molecule has 2 N–H and O–H groups in total. The van der Waals surface area contributed by atoms with E-state index in [1.54, 1.807) is 19.2 Å². The van der Waals surface area contributed by atoms with Crippen molar-refractivity contribution in [3.05, 3.63) is 70.8 Å².